The summed E-state index contributed by atoms with van der Waals surface area (Å²) in [7, 11) is 3.17. The molecule has 1 amide bonds. The lowest BCUT2D eigenvalue weighted by Crippen LogP contribution is -2.33. The van der Waals surface area contributed by atoms with E-state index in [1.54, 1.807) is 20.3 Å². The summed E-state index contributed by atoms with van der Waals surface area (Å²) in [5, 5.41) is 7.11. The van der Waals surface area contributed by atoms with E-state index in [0.717, 1.165) is 21.6 Å². The number of nitrogens with one attached hydrogen (secondary N) is 1. The SMILES string of the molecule is COc1ccc(CNC(=O)Cn2nc(-c3ccccc3OC)ccc2=O)cc1. The summed E-state index contributed by atoms with van der Waals surface area (Å²) >= 11 is 0. The number of ether oxygens (including phenoxy) is 2. The Kier molecular flexibility index (Phi) is 6.06. The molecule has 0 saturated carbocycles. The molecule has 1 aromatic heterocycles. The van der Waals surface area contributed by atoms with Gasteiger partial charge in [0.1, 0.15) is 18.0 Å². The molecule has 0 aliphatic rings. The predicted molar refractivity (Wildman–Crippen MR) is 105 cm³/mol. The lowest BCUT2D eigenvalue weighted by atomic mass is 10.1. The molecule has 2 aromatic carbocycles. The van der Waals surface area contributed by atoms with Crippen LogP contribution in [0.5, 0.6) is 11.5 Å². The van der Waals surface area contributed by atoms with E-state index in [1.807, 2.05) is 48.5 Å². The second-order valence-corrected chi connectivity index (χ2v) is 6.04. The number of nitrogens with zero attached hydrogens (tertiary/aromatic N) is 2. The third kappa shape index (κ3) is 4.56. The van der Waals surface area contributed by atoms with Crippen molar-refractivity contribution in [3.63, 3.8) is 0 Å². The van der Waals surface area contributed by atoms with Crippen LogP contribution in [-0.4, -0.2) is 29.9 Å². The molecule has 7 nitrogen and oxygen atoms in total. The van der Waals surface area contributed by atoms with E-state index >= 15 is 0 Å². The Hall–Kier alpha value is -3.61. The largest absolute Gasteiger partial charge is 0.497 e. The van der Waals surface area contributed by atoms with Crippen LogP contribution in [0, 0.1) is 0 Å². The van der Waals surface area contributed by atoms with Gasteiger partial charge in [-0.2, -0.15) is 5.10 Å². The number of methoxy groups -OCH3 is 2. The molecule has 1 N–H and O–H groups in total. The Bertz CT molecular complexity index is 1010. The van der Waals surface area contributed by atoms with E-state index in [0.29, 0.717) is 18.0 Å². The maximum atomic E-state index is 12.3. The summed E-state index contributed by atoms with van der Waals surface area (Å²) in [6.07, 6.45) is 0. The topological polar surface area (TPSA) is 82.4 Å². The van der Waals surface area contributed by atoms with Gasteiger partial charge in [0.15, 0.2) is 0 Å². The van der Waals surface area contributed by atoms with Gasteiger partial charge in [-0.1, -0.05) is 24.3 Å². The highest BCUT2D eigenvalue weighted by molar-refractivity contribution is 5.75. The molecule has 3 rings (SSSR count). The van der Waals surface area contributed by atoms with Crippen LogP contribution < -0.4 is 20.3 Å². The Morgan fingerprint density at radius 3 is 2.46 bits per heavy atom. The minimum absolute atomic E-state index is 0.169. The van der Waals surface area contributed by atoms with Gasteiger partial charge >= 0.3 is 0 Å². The van der Waals surface area contributed by atoms with Crippen LogP contribution >= 0.6 is 0 Å². The zero-order valence-electron chi connectivity index (χ0n) is 15.7. The molecule has 0 atom stereocenters. The average molecular weight is 379 g/mol. The van der Waals surface area contributed by atoms with Crippen molar-refractivity contribution >= 4 is 5.91 Å². The van der Waals surface area contributed by atoms with Gasteiger partial charge in [0, 0.05) is 18.2 Å². The van der Waals surface area contributed by atoms with Crippen molar-refractivity contribution in [2.75, 3.05) is 14.2 Å². The van der Waals surface area contributed by atoms with Crippen LogP contribution in [-0.2, 0) is 17.9 Å². The molecule has 0 radical (unpaired) electrons. The van der Waals surface area contributed by atoms with Gasteiger partial charge < -0.3 is 14.8 Å². The second-order valence-electron chi connectivity index (χ2n) is 6.04. The highest BCUT2D eigenvalue weighted by Gasteiger charge is 2.11. The fourth-order valence-electron chi connectivity index (χ4n) is 2.70. The number of hydrogen-bond acceptors (Lipinski definition) is 5. The molecule has 0 fully saturated rings. The summed E-state index contributed by atoms with van der Waals surface area (Å²) in [5.74, 6) is 1.09. The van der Waals surface area contributed by atoms with E-state index in [4.69, 9.17) is 9.47 Å². The van der Waals surface area contributed by atoms with Crippen molar-refractivity contribution in [3.8, 4) is 22.8 Å². The fourth-order valence-corrected chi connectivity index (χ4v) is 2.70. The summed E-state index contributed by atoms with van der Waals surface area (Å²) in [5.41, 5.74) is 1.88. The number of carbonyl (C=O) groups excluding carboxylic acids is 1. The Balaban J connectivity index is 1.71. The Labute approximate surface area is 162 Å². The van der Waals surface area contributed by atoms with Gasteiger partial charge in [0.25, 0.3) is 5.56 Å². The first-order chi connectivity index (χ1) is 13.6. The third-order valence-corrected chi connectivity index (χ3v) is 4.19. The molecule has 1 heterocycles. The first-order valence-electron chi connectivity index (χ1n) is 8.72. The standard InChI is InChI=1S/C21H21N3O4/c1-27-16-9-7-15(8-10-16)13-22-20(25)14-24-21(26)12-11-18(23-24)17-5-3-4-6-19(17)28-2/h3-12H,13-14H2,1-2H3,(H,22,25). The molecular weight excluding hydrogens is 358 g/mol. The first-order valence-corrected chi connectivity index (χ1v) is 8.72. The van der Waals surface area contributed by atoms with Gasteiger partial charge in [-0.25, -0.2) is 4.68 Å². The van der Waals surface area contributed by atoms with E-state index in [9.17, 15) is 9.59 Å². The van der Waals surface area contributed by atoms with Gasteiger partial charge in [-0.15, -0.1) is 0 Å². The van der Waals surface area contributed by atoms with Crippen molar-refractivity contribution in [3.05, 3.63) is 76.6 Å². The van der Waals surface area contributed by atoms with Crippen LogP contribution in [0.1, 0.15) is 5.56 Å². The molecule has 3 aromatic rings. The highest BCUT2D eigenvalue weighted by atomic mass is 16.5. The summed E-state index contributed by atoms with van der Waals surface area (Å²) in [4.78, 5) is 24.4. The molecule has 28 heavy (non-hydrogen) atoms. The number of benzene rings is 2. The van der Waals surface area contributed by atoms with E-state index < -0.39 is 0 Å². The minimum atomic E-state index is -0.349. The second kappa shape index (κ2) is 8.85. The number of aromatic nitrogens is 2. The van der Waals surface area contributed by atoms with Crippen molar-refractivity contribution in [1.82, 2.24) is 15.1 Å². The van der Waals surface area contributed by atoms with Crippen molar-refractivity contribution in [2.24, 2.45) is 0 Å². The zero-order chi connectivity index (χ0) is 19.9. The number of hydrogen-bond donors (Lipinski definition) is 1. The predicted octanol–water partition coefficient (Wildman–Crippen LogP) is 2.24. The van der Waals surface area contributed by atoms with Crippen molar-refractivity contribution < 1.29 is 14.3 Å². The van der Waals surface area contributed by atoms with Crippen LogP contribution in [0.3, 0.4) is 0 Å². The van der Waals surface area contributed by atoms with Crippen LogP contribution in [0.25, 0.3) is 11.3 Å². The van der Waals surface area contributed by atoms with Crippen molar-refractivity contribution in [1.29, 1.82) is 0 Å². The number of amides is 1. The van der Waals surface area contributed by atoms with Gasteiger partial charge in [0.05, 0.1) is 19.9 Å². The lowest BCUT2D eigenvalue weighted by molar-refractivity contribution is -0.122. The van der Waals surface area contributed by atoms with E-state index in [2.05, 4.69) is 10.4 Å². The molecule has 144 valence electrons. The maximum absolute atomic E-state index is 12.3. The molecule has 0 spiro atoms. The summed E-state index contributed by atoms with van der Waals surface area (Å²) < 4.78 is 11.6. The van der Waals surface area contributed by atoms with E-state index in [-0.39, 0.29) is 18.0 Å². The van der Waals surface area contributed by atoms with Gasteiger partial charge in [-0.05, 0) is 35.9 Å². The third-order valence-electron chi connectivity index (χ3n) is 4.19. The fraction of sp³-hybridized carbons (Fsp3) is 0.190. The minimum Gasteiger partial charge on any atom is -0.497 e. The lowest BCUT2D eigenvalue weighted by Gasteiger charge is -2.10. The number of carbonyl (C=O) groups is 1. The first kappa shape index (κ1) is 19.2. The molecule has 7 heteroatoms. The molecule has 0 saturated heterocycles. The van der Waals surface area contributed by atoms with Crippen molar-refractivity contribution in [2.45, 2.75) is 13.1 Å². The molecule has 0 aliphatic heterocycles. The Morgan fingerprint density at radius 1 is 1.00 bits per heavy atom. The quantitative estimate of drug-likeness (QED) is 0.681. The molecule has 0 bridgehead atoms. The number of rotatable bonds is 7. The summed E-state index contributed by atoms with van der Waals surface area (Å²) in [6, 6.07) is 17.8. The highest BCUT2D eigenvalue weighted by Crippen LogP contribution is 2.27. The monoisotopic (exact) mass is 379 g/mol. The van der Waals surface area contributed by atoms with Crippen LogP contribution in [0.4, 0.5) is 0 Å². The average Bonchev–Trinajstić information content (AvgIpc) is 2.74. The Morgan fingerprint density at radius 2 is 1.75 bits per heavy atom. The van der Waals surface area contributed by atoms with E-state index in [1.165, 1.54) is 6.07 Å². The smallest absolute Gasteiger partial charge is 0.267 e. The normalized spacial score (nSPS) is 10.4. The molecular formula is C21H21N3O4. The van der Waals surface area contributed by atoms with Crippen LogP contribution in [0.15, 0.2) is 65.5 Å². The zero-order valence-corrected chi connectivity index (χ0v) is 15.7. The molecule has 0 aliphatic carbocycles. The molecule has 0 unspecified atom stereocenters. The van der Waals surface area contributed by atoms with Crippen LogP contribution in [0.2, 0.25) is 0 Å². The summed E-state index contributed by atoms with van der Waals surface area (Å²) in [6.45, 7) is 0.182. The number of para-hydroxylation sites is 1. The maximum Gasteiger partial charge on any atom is 0.267 e. The van der Waals surface area contributed by atoms with Gasteiger partial charge in [-0.3, -0.25) is 9.59 Å². The van der Waals surface area contributed by atoms with Gasteiger partial charge in [0.2, 0.25) is 5.91 Å².